The lowest BCUT2D eigenvalue weighted by atomic mass is 10.1. The van der Waals surface area contributed by atoms with E-state index in [4.69, 9.17) is 5.26 Å². The Morgan fingerprint density at radius 2 is 2.19 bits per heavy atom. The summed E-state index contributed by atoms with van der Waals surface area (Å²) in [6.07, 6.45) is 3.47. The third-order valence-corrected chi connectivity index (χ3v) is 4.60. The molecule has 6 nitrogen and oxygen atoms in total. The van der Waals surface area contributed by atoms with Crippen molar-refractivity contribution in [2.24, 2.45) is 5.92 Å². The van der Waals surface area contributed by atoms with Gasteiger partial charge in [0.1, 0.15) is 11.9 Å². The molecule has 1 aromatic heterocycles. The molecule has 1 aromatic rings. The number of hydrogen-bond acceptors (Lipinski definition) is 5. The average Bonchev–Trinajstić information content (AvgIpc) is 2.43. The Morgan fingerprint density at radius 3 is 2.86 bits per heavy atom. The zero-order valence-corrected chi connectivity index (χ0v) is 13.3. The highest BCUT2D eigenvalue weighted by Gasteiger charge is 2.14. The number of anilines is 1. The van der Waals surface area contributed by atoms with Gasteiger partial charge in [0, 0.05) is 19.3 Å². The largest absolute Gasteiger partial charge is 0.368 e. The van der Waals surface area contributed by atoms with Crippen LogP contribution in [-0.4, -0.2) is 32.2 Å². The summed E-state index contributed by atoms with van der Waals surface area (Å²) < 4.78 is 26.2. The molecule has 2 N–H and O–H groups in total. The number of nitrogens with zero attached hydrogens (tertiary/aromatic N) is 2. The smallest absolute Gasteiger partial charge is 0.211 e. The second-order valence-electron chi connectivity index (χ2n) is 5.01. The van der Waals surface area contributed by atoms with Crippen LogP contribution in [0.4, 0.5) is 5.82 Å². The Morgan fingerprint density at radius 1 is 1.43 bits per heavy atom. The minimum Gasteiger partial charge on any atom is -0.368 e. The lowest BCUT2D eigenvalue weighted by Gasteiger charge is -2.12. The maximum Gasteiger partial charge on any atom is 0.211 e. The summed E-state index contributed by atoms with van der Waals surface area (Å²) in [5.41, 5.74) is 0.442. The predicted octanol–water partition coefficient (Wildman–Crippen LogP) is 1.72. The highest BCUT2D eigenvalue weighted by Crippen LogP contribution is 2.09. The quantitative estimate of drug-likeness (QED) is 0.677. The third kappa shape index (κ3) is 6.56. The van der Waals surface area contributed by atoms with E-state index in [1.807, 2.05) is 19.9 Å². The van der Waals surface area contributed by atoms with Crippen molar-refractivity contribution in [2.75, 3.05) is 24.2 Å². The summed E-state index contributed by atoms with van der Waals surface area (Å²) in [7, 11) is -3.25. The topological polar surface area (TPSA) is 94.9 Å². The molecule has 7 heteroatoms. The van der Waals surface area contributed by atoms with E-state index in [0.29, 0.717) is 17.9 Å². The SMILES string of the molecule is CCC[C@@H](C)CS(=O)(=O)NCCNc1ncccc1C#N. The highest BCUT2D eigenvalue weighted by molar-refractivity contribution is 7.89. The maximum absolute atomic E-state index is 11.8. The molecule has 0 radical (unpaired) electrons. The molecule has 0 aliphatic rings. The molecule has 0 bridgehead atoms. The first-order valence-electron chi connectivity index (χ1n) is 7.04. The number of rotatable bonds is 9. The van der Waals surface area contributed by atoms with Crippen molar-refractivity contribution in [3.63, 3.8) is 0 Å². The zero-order chi connectivity index (χ0) is 15.7. The predicted molar refractivity (Wildman–Crippen MR) is 83.3 cm³/mol. The summed E-state index contributed by atoms with van der Waals surface area (Å²) in [6, 6.07) is 5.37. The van der Waals surface area contributed by atoms with E-state index in [9.17, 15) is 8.42 Å². The lowest BCUT2D eigenvalue weighted by Crippen LogP contribution is -2.33. The molecule has 116 valence electrons. The van der Waals surface area contributed by atoms with Crippen LogP contribution in [0.15, 0.2) is 18.3 Å². The minimum absolute atomic E-state index is 0.147. The van der Waals surface area contributed by atoms with Crippen molar-refractivity contribution in [2.45, 2.75) is 26.7 Å². The van der Waals surface area contributed by atoms with Gasteiger partial charge in [0.15, 0.2) is 0 Å². The molecule has 0 unspecified atom stereocenters. The van der Waals surface area contributed by atoms with Gasteiger partial charge in [-0.15, -0.1) is 0 Å². The summed E-state index contributed by atoms with van der Waals surface area (Å²) in [5.74, 6) is 0.772. The van der Waals surface area contributed by atoms with Crippen LogP contribution >= 0.6 is 0 Å². The first kappa shape index (κ1) is 17.4. The monoisotopic (exact) mass is 310 g/mol. The molecule has 0 aliphatic carbocycles. The highest BCUT2D eigenvalue weighted by atomic mass is 32.2. The molecule has 1 rings (SSSR count). The number of nitriles is 1. The molecule has 0 amide bonds. The van der Waals surface area contributed by atoms with Gasteiger partial charge in [0.05, 0.1) is 11.3 Å². The maximum atomic E-state index is 11.8. The number of aromatic nitrogens is 1. The van der Waals surface area contributed by atoms with Gasteiger partial charge < -0.3 is 5.32 Å². The van der Waals surface area contributed by atoms with Crippen LogP contribution in [0, 0.1) is 17.2 Å². The molecule has 0 saturated carbocycles. The Kier molecular flexibility index (Phi) is 7.12. The summed E-state index contributed by atoms with van der Waals surface area (Å²) in [4.78, 5) is 4.05. The van der Waals surface area contributed by atoms with Crippen LogP contribution in [0.1, 0.15) is 32.3 Å². The minimum atomic E-state index is -3.25. The van der Waals surface area contributed by atoms with Gasteiger partial charge >= 0.3 is 0 Å². The zero-order valence-electron chi connectivity index (χ0n) is 12.5. The van der Waals surface area contributed by atoms with Gasteiger partial charge in [0.25, 0.3) is 0 Å². The third-order valence-electron chi connectivity index (χ3n) is 2.95. The fourth-order valence-electron chi connectivity index (χ4n) is 2.03. The normalized spacial score (nSPS) is 12.6. The van der Waals surface area contributed by atoms with Crippen LogP contribution in [0.2, 0.25) is 0 Å². The number of nitrogens with one attached hydrogen (secondary N) is 2. The second kappa shape index (κ2) is 8.60. The Labute approximate surface area is 126 Å². The molecule has 0 spiro atoms. The van der Waals surface area contributed by atoms with Crippen LogP contribution in [0.3, 0.4) is 0 Å². The Hall–Kier alpha value is -1.65. The lowest BCUT2D eigenvalue weighted by molar-refractivity contribution is 0.537. The molecule has 0 aliphatic heterocycles. The van der Waals surface area contributed by atoms with E-state index in [-0.39, 0.29) is 18.2 Å². The van der Waals surface area contributed by atoms with Crippen molar-refractivity contribution < 1.29 is 8.42 Å². The van der Waals surface area contributed by atoms with Crippen molar-refractivity contribution in [3.8, 4) is 6.07 Å². The van der Waals surface area contributed by atoms with Crippen molar-refractivity contribution in [1.82, 2.24) is 9.71 Å². The molecule has 1 heterocycles. The molecule has 0 saturated heterocycles. The average molecular weight is 310 g/mol. The number of sulfonamides is 1. The van der Waals surface area contributed by atoms with Gasteiger partial charge in [-0.2, -0.15) is 5.26 Å². The van der Waals surface area contributed by atoms with Crippen molar-refractivity contribution >= 4 is 15.8 Å². The van der Waals surface area contributed by atoms with E-state index in [1.54, 1.807) is 18.3 Å². The molecule has 21 heavy (non-hydrogen) atoms. The van der Waals surface area contributed by atoms with Gasteiger partial charge in [-0.1, -0.05) is 20.3 Å². The van der Waals surface area contributed by atoms with Gasteiger partial charge in [-0.25, -0.2) is 18.1 Å². The van der Waals surface area contributed by atoms with Crippen LogP contribution in [-0.2, 0) is 10.0 Å². The van der Waals surface area contributed by atoms with Crippen LogP contribution in [0.25, 0.3) is 0 Å². The van der Waals surface area contributed by atoms with Gasteiger partial charge in [0.2, 0.25) is 10.0 Å². The summed E-state index contributed by atoms with van der Waals surface area (Å²) in [6.45, 7) is 4.63. The molecular weight excluding hydrogens is 288 g/mol. The van der Waals surface area contributed by atoms with E-state index in [2.05, 4.69) is 15.0 Å². The van der Waals surface area contributed by atoms with E-state index in [1.165, 1.54) is 0 Å². The molecule has 0 fully saturated rings. The Bertz CT molecular complexity index is 581. The van der Waals surface area contributed by atoms with Crippen molar-refractivity contribution in [1.29, 1.82) is 5.26 Å². The fraction of sp³-hybridized carbons (Fsp3) is 0.571. The number of pyridine rings is 1. The first-order chi connectivity index (χ1) is 9.98. The number of hydrogen-bond donors (Lipinski definition) is 2. The summed E-state index contributed by atoms with van der Waals surface area (Å²) in [5, 5.41) is 11.9. The van der Waals surface area contributed by atoms with E-state index < -0.39 is 10.0 Å². The fourth-order valence-corrected chi connectivity index (χ4v) is 3.48. The van der Waals surface area contributed by atoms with Gasteiger partial charge in [-0.05, 0) is 24.5 Å². The van der Waals surface area contributed by atoms with E-state index >= 15 is 0 Å². The van der Waals surface area contributed by atoms with Crippen LogP contribution < -0.4 is 10.0 Å². The van der Waals surface area contributed by atoms with Crippen LogP contribution in [0.5, 0.6) is 0 Å². The van der Waals surface area contributed by atoms with Crippen molar-refractivity contribution in [3.05, 3.63) is 23.9 Å². The van der Waals surface area contributed by atoms with Gasteiger partial charge in [-0.3, -0.25) is 0 Å². The molecule has 0 aromatic carbocycles. The second-order valence-corrected chi connectivity index (χ2v) is 6.86. The Balaban J connectivity index is 2.38. The summed E-state index contributed by atoms with van der Waals surface area (Å²) >= 11 is 0. The molecule has 1 atom stereocenters. The van der Waals surface area contributed by atoms with E-state index in [0.717, 1.165) is 12.8 Å². The molecular formula is C14H22N4O2S. The first-order valence-corrected chi connectivity index (χ1v) is 8.70. The standard InChI is InChI=1S/C14H22N4O2S/c1-3-5-12(2)11-21(19,20)18-9-8-17-14-13(10-15)6-4-7-16-14/h4,6-7,12,18H,3,5,8-9,11H2,1-2H3,(H,16,17)/t12-/m1/s1.